The van der Waals surface area contributed by atoms with Crippen LogP contribution < -0.4 is 31.6 Å². The third-order valence-corrected chi connectivity index (χ3v) is 8.95. The molecule has 50 heavy (non-hydrogen) atoms. The van der Waals surface area contributed by atoms with E-state index in [1.807, 2.05) is 92.7 Å². The average Bonchev–Trinajstić information content (AvgIpc) is 3.58. The molecule has 0 saturated carbocycles. The summed E-state index contributed by atoms with van der Waals surface area (Å²) in [5, 5.41) is 5.90. The van der Waals surface area contributed by atoms with Gasteiger partial charge in [-0.15, -0.1) is 0 Å². The van der Waals surface area contributed by atoms with Gasteiger partial charge in [0.25, 0.3) is 0 Å². The van der Waals surface area contributed by atoms with E-state index in [0.717, 1.165) is 23.1 Å². The maximum atomic E-state index is 14.0. The van der Waals surface area contributed by atoms with E-state index in [1.165, 1.54) is 0 Å². The van der Waals surface area contributed by atoms with Crippen molar-refractivity contribution >= 4 is 23.4 Å². The van der Waals surface area contributed by atoms with Crippen LogP contribution >= 0.6 is 0 Å². The summed E-state index contributed by atoms with van der Waals surface area (Å²) in [4.78, 5) is 54.7. The van der Waals surface area contributed by atoms with Crippen LogP contribution in [0.2, 0.25) is 0 Å². The second-order valence-electron chi connectivity index (χ2n) is 13.5. The van der Waals surface area contributed by atoms with Gasteiger partial charge in [-0.3, -0.25) is 19.2 Å². The summed E-state index contributed by atoms with van der Waals surface area (Å²) in [5.41, 5.74) is 14.8. The highest BCUT2D eigenvalue weighted by molar-refractivity contribution is 5.95. The number of amides is 2. The van der Waals surface area contributed by atoms with Crippen LogP contribution in [0.5, 0.6) is 11.5 Å². The predicted molar refractivity (Wildman–Crippen MR) is 193 cm³/mol. The molecular formula is C40H52N4O6. The predicted octanol–water partition coefficient (Wildman–Crippen LogP) is 4.45. The standard InChI is InChI=1S/C40H52N4O6/c1-27(2)21-31(39(47)43-33(15-9-10-20-41)35(45)18-16-30-17-19-37-38(24-30)50-26-49-37)25-36(46)34(23-29-13-7-4-8-14-29)44-40(48)32(42)22-28-11-5-3-6-12-28/h3-8,11-14,17,19,24,27,31-34H,9-10,15-16,18,20-23,25-26,41-42H2,1-2H3,(H,43,47)(H,44,48)/t31-,32+,33+,34+/m0/s1. The molecule has 3 aromatic carbocycles. The number of hydrogen-bond donors (Lipinski definition) is 4. The minimum absolute atomic E-state index is 0.0794. The number of nitrogens with one attached hydrogen (secondary N) is 2. The molecule has 0 unspecified atom stereocenters. The fourth-order valence-corrected chi connectivity index (χ4v) is 6.21. The Hall–Kier alpha value is -4.54. The zero-order chi connectivity index (χ0) is 35.9. The Labute approximate surface area is 295 Å². The van der Waals surface area contributed by atoms with Gasteiger partial charge in [-0.05, 0) is 86.2 Å². The van der Waals surface area contributed by atoms with Crippen LogP contribution in [0.25, 0.3) is 0 Å². The first-order valence-electron chi connectivity index (χ1n) is 17.7. The molecule has 1 aliphatic rings. The molecule has 10 nitrogen and oxygen atoms in total. The molecule has 0 fully saturated rings. The number of rotatable bonds is 21. The quantitative estimate of drug-likeness (QED) is 0.120. The van der Waals surface area contributed by atoms with E-state index in [-0.39, 0.29) is 49.4 Å². The highest BCUT2D eigenvalue weighted by atomic mass is 16.7. The van der Waals surface area contributed by atoms with Gasteiger partial charge in [0.2, 0.25) is 18.6 Å². The van der Waals surface area contributed by atoms with Crippen LogP contribution in [0.4, 0.5) is 0 Å². The molecule has 4 rings (SSSR count). The van der Waals surface area contributed by atoms with Gasteiger partial charge in [-0.1, -0.05) is 80.6 Å². The van der Waals surface area contributed by atoms with Gasteiger partial charge in [0, 0.05) is 18.8 Å². The van der Waals surface area contributed by atoms with Gasteiger partial charge in [-0.25, -0.2) is 0 Å². The van der Waals surface area contributed by atoms with E-state index in [9.17, 15) is 19.2 Å². The van der Waals surface area contributed by atoms with Gasteiger partial charge in [0.05, 0.1) is 18.1 Å². The van der Waals surface area contributed by atoms with Crippen molar-refractivity contribution in [1.82, 2.24) is 10.6 Å². The molecular weight excluding hydrogens is 632 g/mol. The topological polar surface area (TPSA) is 163 Å². The third-order valence-electron chi connectivity index (χ3n) is 8.95. The zero-order valence-electron chi connectivity index (χ0n) is 29.3. The van der Waals surface area contributed by atoms with E-state index >= 15 is 0 Å². The monoisotopic (exact) mass is 684 g/mol. The van der Waals surface area contributed by atoms with Crippen molar-refractivity contribution in [1.29, 1.82) is 0 Å². The number of unbranched alkanes of at least 4 members (excludes halogenated alkanes) is 1. The minimum Gasteiger partial charge on any atom is -0.454 e. The molecule has 0 radical (unpaired) electrons. The molecule has 0 saturated heterocycles. The van der Waals surface area contributed by atoms with Crippen molar-refractivity contribution in [2.75, 3.05) is 13.3 Å². The number of ether oxygens (including phenoxy) is 2. The van der Waals surface area contributed by atoms with E-state index in [4.69, 9.17) is 20.9 Å². The zero-order valence-corrected chi connectivity index (χ0v) is 29.3. The summed E-state index contributed by atoms with van der Waals surface area (Å²) in [6.45, 7) is 4.64. The Balaban J connectivity index is 1.45. The average molecular weight is 685 g/mol. The summed E-state index contributed by atoms with van der Waals surface area (Å²) in [6, 6.07) is 22.1. The summed E-state index contributed by atoms with van der Waals surface area (Å²) in [6.07, 6.45) is 3.52. The lowest BCUT2D eigenvalue weighted by Gasteiger charge is -2.25. The lowest BCUT2D eigenvalue weighted by molar-refractivity contribution is -0.134. The third kappa shape index (κ3) is 12.1. The summed E-state index contributed by atoms with van der Waals surface area (Å²) >= 11 is 0. The largest absolute Gasteiger partial charge is 0.454 e. The number of Topliss-reactive ketones (excluding diaryl/α,β-unsaturated/α-hetero) is 2. The van der Waals surface area contributed by atoms with E-state index in [2.05, 4.69) is 10.6 Å². The van der Waals surface area contributed by atoms with Crippen LogP contribution in [-0.2, 0) is 38.4 Å². The molecule has 2 amide bonds. The summed E-state index contributed by atoms with van der Waals surface area (Å²) in [7, 11) is 0. The van der Waals surface area contributed by atoms with Gasteiger partial charge in [0.15, 0.2) is 23.1 Å². The summed E-state index contributed by atoms with van der Waals surface area (Å²) < 4.78 is 10.9. The number of ketones is 2. The summed E-state index contributed by atoms with van der Waals surface area (Å²) in [5.74, 6) is -0.352. The molecule has 0 spiro atoms. The van der Waals surface area contributed by atoms with Crippen LogP contribution in [0, 0.1) is 11.8 Å². The molecule has 268 valence electrons. The highest BCUT2D eigenvalue weighted by Crippen LogP contribution is 2.33. The van der Waals surface area contributed by atoms with Gasteiger partial charge in [0.1, 0.15) is 0 Å². The van der Waals surface area contributed by atoms with Crippen molar-refractivity contribution in [3.05, 3.63) is 95.6 Å². The highest BCUT2D eigenvalue weighted by Gasteiger charge is 2.31. The maximum Gasteiger partial charge on any atom is 0.237 e. The number of nitrogens with two attached hydrogens (primary N) is 2. The Kier molecular flexibility index (Phi) is 15.0. The van der Waals surface area contributed by atoms with Crippen molar-refractivity contribution in [3.8, 4) is 11.5 Å². The number of carbonyl (C=O) groups is 4. The second-order valence-corrected chi connectivity index (χ2v) is 13.5. The van der Waals surface area contributed by atoms with Crippen molar-refractivity contribution in [3.63, 3.8) is 0 Å². The molecule has 4 atom stereocenters. The van der Waals surface area contributed by atoms with Gasteiger partial charge >= 0.3 is 0 Å². The van der Waals surface area contributed by atoms with Crippen molar-refractivity contribution < 1.29 is 28.7 Å². The number of fused-ring (bicyclic) bond motifs is 1. The van der Waals surface area contributed by atoms with Gasteiger partial charge < -0.3 is 31.6 Å². The normalized spacial score (nSPS) is 14.4. The van der Waals surface area contributed by atoms with Crippen LogP contribution in [0.3, 0.4) is 0 Å². The fourth-order valence-electron chi connectivity index (χ4n) is 6.21. The molecule has 0 aliphatic carbocycles. The van der Waals surface area contributed by atoms with E-state index in [0.29, 0.717) is 50.1 Å². The van der Waals surface area contributed by atoms with Crippen LogP contribution in [-0.4, -0.2) is 54.8 Å². The maximum absolute atomic E-state index is 14.0. The molecule has 10 heteroatoms. The minimum atomic E-state index is -0.877. The Bertz CT molecular complexity index is 1550. The first-order valence-corrected chi connectivity index (χ1v) is 17.7. The van der Waals surface area contributed by atoms with Crippen molar-refractivity contribution in [2.24, 2.45) is 23.3 Å². The van der Waals surface area contributed by atoms with Gasteiger partial charge in [-0.2, -0.15) is 0 Å². The smallest absolute Gasteiger partial charge is 0.237 e. The first kappa shape index (κ1) is 38.3. The number of hydrogen-bond acceptors (Lipinski definition) is 8. The Morgan fingerprint density at radius 2 is 1.38 bits per heavy atom. The molecule has 0 aromatic heterocycles. The Morgan fingerprint density at radius 3 is 2.04 bits per heavy atom. The van der Waals surface area contributed by atoms with Crippen molar-refractivity contribution in [2.45, 2.75) is 89.8 Å². The SMILES string of the molecule is CC(C)C[C@@H](CC(=O)[C@@H](Cc1ccccc1)NC(=O)[C@H](N)Cc1ccccc1)C(=O)N[C@H](CCCCN)C(=O)CCc1ccc2c(c1)OCO2. The number of carbonyl (C=O) groups excluding carboxylic acids is 4. The lowest BCUT2D eigenvalue weighted by Crippen LogP contribution is -2.51. The van der Waals surface area contributed by atoms with E-state index < -0.39 is 30.0 Å². The molecule has 1 aliphatic heterocycles. The molecule has 3 aromatic rings. The van der Waals surface area contributed by atoms with Crippen LogP contribution in [0.15, 0.2) is 78.9 Å². The van der Waals surface area contributed by atoms with E-state index in [1.54, 1.807) is 0 Å². The fraction of sp³-hybridized carbons (Fsp3) is 0.450. The molecule has 0 bridgehead atoms. The lowest BCUT2D eigenvalue weighted by atomic mass is 9.87. The molecule has 1 heterocycles. The first-order chi connectivity index (χ1) is 24.1. The number of aryl methyl sites for hydroxylation is 1. The second kappa shape index (κ2) is 19.6. The van der Waals surface area contributed by atoms with Crippen LogP contribution in [0.1, 0.15) is 69.1 Å². The number of benzene rings is 3. The Morgan fingerprint density at radius 1 is 0.740 bits per heavy atom. The molecule has 6 N–H and O–H groups in total.